The molecule has 1 unspecified atom stereocenters. The van der Waals surface area contributed by atoms with Gasteiger partial charge in [-0.25, -0.2) is 13.8 Å². The monoisotopic (exact) mass is 268 g/mol. The van der Waals surface area contributed by atoms with Crippen LogP contribution in [0.1, 0.15) is 18.5 Å². The van der Waals surface area contributed by atoms with Gasteiger partial charge in [0.1, 0.15) is 16.8 Å². The molecule has 1 aromatic carbocycles. The second-order valence-electron chi connectivity index (χ2n) is 3.90. The van der Waals surface area contributed by atoms with Crippen LogP contribution in [0.25, 0.3) is 0 Å². The Balaban J connectivity index is 2.18. The number of nitrogens with one attached hydrogen (secondary N) is 1. The summed E-state index contributed by atoms with van der Waals surface area (Å²) in [6.07, 6.45) is 1.54. The maximum atomic E-state index is 13.5. The minimum atomic E-state index is -0.464. The molecule has 0 aliphatic carbocycles. The second-order valence-corrected chi connectivity index (χ2v) is 4.29. The van der Waals surface area contributed by atoms with E-state index in [1.54, 1.807) is 19.1 Å². The van der Waals surface area contributed by atoms with Gasteiger partial charge in [0.15, 0.2) is 0 Å². The van der Waals surface area contributed by atoms with Crippen molar-refractivity contribution in [3.05, 3.63) is 58.9 Å². The van der Waals surface area contributed by atoms with Crippen molar-refractivity contribution >= 4 is 17.3 Å². The predicted octanol–water partition coefficient (Wildman–Crippen LogP) is 4.19. The number of anilines is 1. The molecule has 0 spiro atoms. The van der Waals surface area contributed by atoms with E-state index in [4.69, 9.17) is 11.6 Å². The fourth-order valence-corrected chi connectivity index (χ4v) is 1.75. The van der Waals surface area contributed by atoms with Crippen molar-refractivity contribution in [3.63, 3.8) is 0 Å². The standard InChI is InChI=1S/C13H11ClF2N2/c1-8(11-6-9(15)2-4-12(11)16)18-10-3-5-13(14)17-7-10/h2-8,18H,1H3. The number of hydrogen-bond acceptors (Lipinski definition) is 2. The number of aromatic nitrogens is 1. The average Bonchev–Trinajstić information content (AvgIpc) is 2.35. The van der Waals surface area contributed by atoms with Crippen LogP contribution < -0.4 is 5.32 Å². The molecule has 0 saturated carbocycles. The Morgan fingerprint density at radius 2 is 2.00 bits per heavy atom. The third-order valence-electron chi connectivity index (χ3n) is 2.54. The predicted molar refractivity (Wildman–Crippen MR) is 67.6 cm³/mol. The summed E-state index contributed by atoms with van der Waals surface area (Å²) in [6.45, 7) is 1.74. The number of benzene rings is 1. The minimum Gasteiger partial charge on any atom is -0.377 e. The van der Waals surface area contributed by atoms with E-state index in [1.165, 1.54) is 12.3 Å². The van der Waals surface area contributed by atoms with Crippen LogP contribution in [0.3, 0.4) is 0 Å². The molecule has 1 aromatic heterocycles. The maximum Gasteiger partial charge on any atom is 0.129 e. The first-order valence-corrected chi connectivity index (χ1v) is 5.77. The Kier molecular flexibility index (Phi) is 3.77. The van der Waals surface area contributed by atoms with E-state index < -0.39 is 11.6 Å². The van der Waals surface area contributed by atoms with Gasteiger partial charge in [-0.3, -0.25) is 0 Å². The molecule has 0 fully saturated rings. The molecule has 0 amide bonds. The van der Waals surface area contributed by atoms with Crippen molar-refractivity contribution in [2.24, 2.45) is 0 Å². The molecular formula is C13H11ClF2N2. The van der Waals surface area contributed by atoms with Crippen molar-refractivity contribution in [1.29, 1.82) is 0 Å². The number of halogens is 3. The van der Waals surface area contributed by atoms with Gasteiger partial charge in [-0.05, 0) is 37.3 Å². The Morgan fingerprint density at radius 3 is 2.67 bits per heavy atom. The summed E-state index contributed by atoms with van der Waals surface area (Å²) in [6, 6.07) is 6.36. The zero-order valence-corrected chi connectivity index (χ0v) is 10.4. The number of nitrogens with zero attached hydrogens (tertiary/aromatic N) is 1. The molecule has 2 rings (SSSR count). The van der Waals surface area contributed by atoms with Gasteiger partial charge in [0.2, 0.25) is 0 Å². The molecule has 2 aromatic rings. The van der Waals surface area contributed by atoms with Crippen molar-refractivity contribution in [1.82, 2.24) is 4.98 Å². The first-order valence-electron chi connectivity index (χ1n) is 5.39. The van der Waals surface area contributed by atoms with E-state index in [2.05, 4.69) is 10.3 Å². The lowest BCUT2D eigenvalue weighted by atomic mass is 10.1. The van der Waals surface area contributed by atoms with E-state index in [0.717, 1.165) is 12.1 Å². The van der Waals surface area contributed by atoms with E-state index in [-0.39, 0.29) is 11.6 Å². The summed E-state index contributed by atoms with van der Waals surface area (Å²) >= 11 is 5.66. The molecule has 0 radical (unpaired) electrons. The van der Waals surface area contributed by atoms with Gasteiger partial charge in [-0.15, -0.1) is 0 Å². The van der Waals surface area contributed by atoms with Gasteiger partial charge in [0, 0.05) is 5.56 Å². The van der Waals surface area contributed by atoms with Crippen LogP contribution in [0.15, 0.2) is 36.5 Å². The van der Waals surface area contributed by atoms with E-state index >= 15 is 0 Å². The third-order valence-corrected chi connectivity index (χ3v) is 2.76. The van der Waals surface area contributed by atoms with Crippen LogP contribution in [0, 0.1) is 11.6 Å². The highest BCUT2D eigenvalue weighted by molar-refractivity contribution is 6.29. The third kappa shape index (κ3) is 2.96. The molecule has 0 aliphatic heterocycles. The minimum absolute atomic E-state index is 0.268. The Morgan fingerprint density at radius 1 is 1.22 bits per heavy atom. The van der Waals surface area contributed by atoms with Gasteiger partial charge in [0.05, 0.1) is 17.9 Å². The van der Waals surface area contributed by atoms with E-state index in [1.807, 2.05) is 0 Å². The molecule has 1 N–H and O–H groups in total. The van der Waals surface area contributed by atoms with E-state index in [0.29, 0.717) is 10.8 Å². The molecule has 1 heterocycles. The van der Waals surface area contributed by atoms with Crippen LogP contribution in [0.4, 0.5) is 14.5 Å². The quantitative estimate of drug-likeness (QED) is 0.845. The van der Waals surface area contributed by atoms with Gasteiger partial charge in [-0.1, -0.05) is 11.6 Å². The van der Waals surface area contributed by atoms with Crippen LogP contribution >= 0.6 is 11.6 Å². The summed E-state index contributed by atoms with van der Waals surface area (Å²) in [5, 5.41) is 3.41. The smallest absolute Gasteiger partial charge is 0.129 e. The van der Waals surface area contributed by atoms with Crippen LogP contribution in [0.5, 0.6) is 0 Å². The molecule has 5 heteroatoms. The molecule has 2 nitrogen and oxygen atoms in total. The lowest BCUT2D eigenvalue weighted by Gasteiger charge is -2.16. The van der Waals surface area contributed by atoms with Gasteiger partial charge < -0.3 is 5.32 Å². The highest BCUT2D eigenvalue weighted by atomic mass is 35.5. The summed E-state index contributed by atoms with van der Waals surface area (Å²) in [7, 11) is 0. The highest BCUT2D eigenvalue weighted by Gasteiger charge is 2.12. The highest BCUT2D eigenvalue weighted by Crippen LogP contribution is 2.22. The first kappa shape index (κ1) is 12.8. The molecular weight excluding hydrogens is 258 g/mol. The lowest BCUT2D eigenvalue weighted by molar-refractivity contribution is 0.577. The molecule has 1 atom stereocenters. The fraction of sp³-hybridized carbons (Fsp3) is 0.154. The zero-order valence-electron chi connectivity index (χ0n) is 9.62. The molecule has 0 bridgehead atoms. The maximum absolute atomic E-state index is 13.5. The van der Waals surface area contributed by atoms with Crippen LogP contribution in [0.2, 0.25) is 5.15 Å². The van der Waals surface area contributed by atoms with Crippen molar-refractivity contribution < 1.29 is 8.78 Å². The van der Waals surface area contributed by atoms with Crippen LogP contribution in [-0.2, 0) is 0 Å². The van der Waals surface area contributed by atoms with Gasteiger partial charge in [0.25, 0.3) is 0 Å². The van der Waals surface area contributed by atoms with E-state index in [9.17, 15) is 8.78 Å². The topological polar surface area (TPSA) is 24.9 Å². The molecule has 94 valence electrons. The van der Waals surface area contributed by atoms with Crippen molar-refractivity contribution in [2.45, 2.75) is 13.0 Å². The summed E-state index contributed by atoms with van der Waals surface area (Å²) in [5.41, 5.74) is 0.959. The Bertz CT molecular complexity index is 543. The average molecular weight is 269 g/mol. The summed E-state index contributed by atoms with van der Waals surface area (Å²) < 4.78 is 26.6. The second kappa shape index (κ2) is 5.31. The number of rotatable bonds is 3. The van der Waals surface area contributed by atoms with Gasteiger partial charge in [-0.2, -0.15) is 0 Å². The van der Waals surface area contributed by atoms with Crippen LogP contribution in [-0.4, -0.2) is 4.98 Å². The normalized spacial score (nSPS) is 12.2. The number of hydrogen-bond donors (Lipinski definition) is 1. The number of pyridine rings is 1. The molecule has 18 heavy (non-hydrogen) atoms. The Hall–Kier alpha value is -1.68. The summed E-state index contributed by atoms with van der Waals surface area (Å²) in [5.74, 6) is -0.910. The first-order chi connectivity index (χ1) is 8.56. The lowest BCUT2D eigenvalue weighted by Crippen LogP contribution is -2.09. The largest absolute Gasteiger partial charge is 0.377 e. The SMILES string of the molecule is CC(Nc1ccc(Cl)nc1)c1cc(F)ccc1F. The fourth-order valence-electron chi connectivity index (χ4n) is 1.64. The zero-order chi connectivity index (χ0) is 13.1. The molecule has 0 aliphatic rings. The van der Waals surface area contributed by atoms with Crippen molar-refractivity contribution in [3.8, 4) is 0 Å². The summed E-state index contributed by atoms with van der Waals surface area (Å²) in [4.78, 5) is 3.90. The van der Waals surface area contributed by atoms with Gasteiger partial charge >= 0.3 is 0 Å². The Labute approximate surface area is 109 Å². The van der Waals surface area contributed by atoms with Crippen molar-refractivity contribution in [2.75, 3.05) is 5.32 Å². The molecule has 0 saturated heterocycles.